The average molecular weight is 335 g/mol. The standard InChI is InChI=1S/C18H17N5O2/c1-11-3-6-13(20-16(24)12-4-5-12)9-14(11)21-17(25)15-10-23-8-2-7-19-18(23)22-15/h2-3,6-10,12H,4-5H2,1H3,(H,20,24)(H,21,25). The van der Waals surface area contributed by atoms with Crippen molar-refractivity contribution in [2.75, 3.05) is 10.6 Å². The predicted octanol–water partition coefficient (Wildman–Crippen LogP) is 2.64. The molecule has 0 atom stereocenters. The van der Waals surface area contributed by atoms with Crippen LogP contribution in [0.3, 0.4) is 0 Å². The van der Waals surface area contributed by atoms with Crippen LogP contribution in [0.1, 0.15) is 28.9 Å². The molecule has 1 fully saturated rings. The number of carbonyl (C=O) groups excluding carboxylic acids is 2. The molecule has 0 unspecified atom stereocenters. The van der Waals surface area contributed by atoms with E-state index in [1.165, 1.54) is 0 Å². The summed E-state index contributed by atoms with van der Waals surface area (Å²) in [6, 6.07) is 7.23. The molecule has 2 amide bonds. The largest absolute Gasteiger partial charge is 0.326 e. The summed E-state index contributed by atoms with van der Waals surface area (Å²) in [6.45, 7) is 1.90. The van der Waals surface area contributed by atoms with Gasteiger partial charge < -0.3 is 10.6 Å². The molecular formula is C18H17N5O2. The van der Waals surface area contributed by atoms with Gasteiger partial charge in [0.05, 0.1) is 0 Å². The van der Waals surface area contributed by atoms with Gasteiger partial charge in [0.2, 0.25) is 11.7 Å². The highest BCUT2D eigenvalue weighted by molar-refractivity contribution is 6.04. The zero-order valence-electron chi connectivity index (χ0n) is 13.7. The van der Waals surface area contributed by atoms with Crippen molar-refractivity contribution in [2.45, 2.75) is 19.8 Å². The van der Waals surface area contributed by atoms with Crippen LogP contribution in [0.2, 0.25) is 0 Å². The number of fused-ring (bicyclic) bond motifs is 1. The van der Waals surface area contributed by atoms with E-state index in [4.69, 9.17) is 0 Å². The zero-order chi connectivity index (χ0) is 17.4. The van der Waals surface area contributed by atoms with Gasteiger partial charge >= 0.3 is 0 Å². The molecule has 2 aromatic heterocycles. The van der Waals surface area contributed by atoms with Gasteiger partial charge in [-0.25, -0.2) is 9.97 Å². The van der Waals surface area contributed by atoms with Crippen molar-refractivity contribution in [3.8, 4) is 0 Å². The minimum atomic E-state index is -0.320. The van der Waals surface area contributed by atoms with E-state index in [-0.39, 0.29) is 23.4 Å². The van der Waals surface area contributed by atoms with Gasteiger partial charge in [-0.05, 0) is 43.5 Å². The highest BCUT2D eigenvalue weighted by Crippen LogP contribution is 2.30. The van der Waals surface area contributed by atoms with Crippen molar-refractivity contribution in [1.29, 1.82) is 0 Å². The molecule has 25 heavy (non-hydrogen) atoms. The van der Waals surface area contributed by atoms with Crippen LogP contribution >= 0.6 is 0 Å². The number of rotatable bonds is 4. The summed E-state index contributed by atoms with van der Waals surface area (Å²) < 4.78 is 1.69. The zero-order valence-corrected chi connectivity index (χ0v) is 13.7. The van der Waals surface area contributed by atoms with Gasteiger partial charge in [0.1, 0.15) is 5.69 Å². The normalized spacial score (nSPS) is 13.6. The van der Waals surface area contributed by atoms with Gasteiger partial charge in [0, 0.05) is 35.9 Å². The molecule has 126 valence electrons. The summed E-state index contributed by atoms with van der Waals surface area (Å²) in [4.78, 5) is 32.7. The third-order valence-electron chi connectivity index (χ3n) is 4.17. The van der Waals surface area contributed by atoms with E-state index in [0.717, 1.165) is 18.4 Å². The third kappa shape index (κ3) is 3.21. The number of nitrogens with zero attached hydrogens (tertiary/aromatic N) is 3. The Bertz CT molecular complexity index is 942. The molecule has 1 aromatic carbocycles. The van der Waals surface area contributed by atoms with Gasteiger partial charge in [0.25, 0.3) is 5.91 Å². The first-order valence-corrected chi connectivity index (χ1v) is 8.13. The van der Waals surface area contributed by atoms with Crippen LogP contribution < -0.4 is 10.6 Å². The van der Waals surface area contributed by atoms with Crippen molar-refractivity contribution in [2.24, 2.45) is 5.92 Å². The molecule has 0 radical (unpaired) electrons. The molecule has 7 nitrogen and oxygen atoms in total. The predicted molar refractivity (Wildman–Crippen MR) is 93.5 cm³/mol. The quantitative estimate of drug-likeness (QED) is 0.767. The fraction of sp³-hybridized carbons (Fsp3) is 0.222. The molecule has 1 aliphatic rings. The summed E-state index contributed by atoms with van der Waals surface area (Å²) in [5.74, 6) is 0.312. The Morgan fingerprint density at radius 3 is 2.84 bits per heavy atom. The van der Waals surface area contributed by atoms with E-state index in [2.05, 4.69) is 20.6 Å². The summed E-state index contributed by atoms with van der Waals surface area (Å²) >= 11 is 0. The first-order chi connectivity index (χ1) is 12.1. The van der Waals surface area contributed by atoms with Crippen LogP contribution in [0.15, 0.2) is 42.9 Å². The van der Waals surface area contributed by atoms with Crippen molar-refractivity contribution in [3.63, 3.8) is 0 Å². The second-order valence-corrected chi connectivity index (χ2v) is 6.20. The second-order valence-electron chi connectivity index (χ2n) is 6.20. The molecule has 2 N–H and O–H groups in total. The minimum absolute atomic E-state index is 0.0348. The Balaban J connectivity index is 1.54. The maximum absolute atomic E-state index is 12.5. The first-order valence-electron chi connectivity index (χ1n) is 8.13. The molecule has 1 saturated carbocycles. The van der Waals surface area contributed by atoms with Gasteiger partial charge in [-0.15, -0.1) is 0 Å². The number of hydrogen-bond donors (Lipinski definition) is 2. The lowest BCUT2D eigenvalue weighted by molar-refractivity contribution is -0.117. The van der Waals surface area contributed by atoms with Crippen LogP contribution in [0.5, 0.6) is 0 Å². The summed E-state index contributed by atoms with van der Waals surface area (Å²) in [5.41, 5.74) is 2.50. The Hall–Kier alpha value is -3.22. The Kier molecular flexibility index (Phi) is 3.68. The number of benzene rings is 1. The number of carbonyl (C=O) groups is 2. The SMILES string of the molecule is Cc1ccc(NC(=O)C2CC2)cc1NC(=O)c1cn2cccnc2n1. The molecule has 3 aromatic rings. The maximum Gasteiger partial charge on any atom is 0.275 e. The summed E-state index contributed by atoms with van der Waals surface area (Å²) in [7, 11) is 0. The molecule has 0 bridgehead atoms. The van der Waals surface area contributed by atoms with E-state index in [0.29, 0.717) is 17.2 Å². The Morgan fingerprint density at radius 2 is 2.08 bits per heavy atom. The van der Waals surface area contributed by atoms with Gasteiger partial charge in [0.15, 0.2) is 0 Å². The average Bonchev–Trinajstić information content (AvgIpc) is 3.36. The monoisotopic (exact) mass is 335 g/mol. The number of nitrogens with one attached hydrogen (secondary N) is 2. The van der Waals surface area contributed by atoms with Crippen LogP contribution in [0, 0.1) is 12.8 Å². The molecular weight excluding hydrogens is 318 g/mol. The van der Waals surface area contributed by atoms with E-state index < -0.39 is 0 Å². The number of amides is 2. The van der Waals surface area contributed by atoms with Crippen molar-refractivity contribution in [3.05, 3.63) is 54.1 Å². The lowest BCUT2D eigenvalue weighted by Crippen LogP contribution is -2.15. The van der Waals surface area contributed by atoms with Crippen molar-refractivity contribution >= 4 is 29.0 Å². The van der Waals surface area contributed by atoms with E-state index >= 15 is 0 Å². The van der Waals surface area contributed by atoms with Crippen LogP contribution in [-0.2, 0) is 4.79 Å². The minimum Gasteiger partial charge on any atom is -0.326 e. The number of hydrogen-bond acceptors (Lipinski definition) is 4. The summed E-state index contributed by atoms with van der Waals surface area (Å²) in [6.07, 6.45) is 6.93. The highest BCUT2D eigenvalue weighted by Gasteiger charge is 2.29. The summed E-state index contributed by atoms with van der Waals surface area (Å²) in [5, 5.41) is 5.74. The topological polar surface area (TPSA) is 88.4 Å². The van der Waals surface area contributed by atoms with Crippen LogP contribution in [0.25, 0.3) is 5.78 Å². The maximum atomic E-state index is 12.5. The number of imidazole rings is 1. The molecule has 4 rings (SSSR count). The van der Waals surface area contributed by atoms with E-state index in [1.54, 1.807) is 35.1 Å². The molecule has 0 saturated heterocycles. The van der Waals surface area contributed by atoms with Crippen LogP contribution in [-0.4, -0.2) is 26.2 Å². The highest BCUT2D eigenvalue weighted by atomic mass is 16.2. The van der Waals surface area contributed by atoms with Gasteiger partial charge in [-0.2, -0.15) is 0 Å². The van der Waals surface area contributed by atoms with E-state index in [1.807, 2.05) is 19.1 Å². The van der Waals surface area contributed by atoms with Crippen molar-refractivity contribution in [1.82, 2.24) is 14.4 Å². The van der Waals surface area contributed by atoms with Gasteiger partial charge in [-0.3, -0.25) is 14.0 Å². The third-order valence-corrected chi connectivity index (χ3v) is 4.17. The molecule has 0 aliphatic heterocycles. The number of anilines is 2. The molecule has 2 heterocycles. The second kappa shape index (κ2) is 6.01. The number of aryl methyl sites for hydroxylation is 1. The lowest BCUT2D eigenvalue weighted by atomic mass is 10.1. The van der Waals surface area contributed by atoms with Gasteiger partial charge in [-0.1, -0.05) is 6.07 Å². The lowest BCUT2D eigenvalue weighted by Gasteiger charge is -2.10. The first kappa shape index (κ1) is 15.3. The Morgan fingerprint density at radius 1 is 1.24 bits per heavy atom. The molecule has 1 aliphatic carbocycles. The Labute approximate surface area is 144 Å². The fourth-order valence-electron chi connectivity index (χ4n) is 2.55. The van der Waals surface area contributed by atoms with Crippen molar-refractivity contribution < 1.29 is 9.59 Å². The smallest absolute Gasteiger partial charge is 0.275 e. The van der Waals surface area contributed by atoms with E-state index in [9.17, 15) is 9.59 Å². The molecule has 7 heteroatoms. The van der Waals surface area contributed by atoms with Crippen LogP contribution in [0.4, 0.5) is 11.4 Å². The number of aromatic nitrogens is 3. The fourth-order valence-corrected chi connectivity index (χ4v) is 2.55. The molecule has 0 spiro atoms.